The number of hydrogen-bond acceptors (Lipinski definition) is 2. The van der Waals surface area contributed by atoms with Crippen LogP contribution in [-0.2, 0) is 0 Å². The Balaban J connectivity index is 2.14. The van der Waals surface area contributed by atoms with E-state index in [2.05, 4.69) is 37.2 Å². The van der Waals surface area contributed by atoms with E-state index in [1.54, 1.807) is 18.2 Å². The lowest BCUT2D eigenvalue weighted by molar-refractivity contribution is 0.102. The standard InChI is InChI=1S/C16H15Br2NO2/c1-10(2)21-15-7-6-11(8-14(15)18)16(20)19-13-5-3-4-12(17)9-13/h3-10H,1-2H3,(H,19,20). The number of carbonyl (C=O) groups is 1. The summed E-state index contributed by atoms with van der Waals surface area (Å²) >= 11 is 6.81. The van der Waals surface area contributed by atoms with Gasteiger partial charge in [-0.2, -0.15) is 0 Å². The third-order valence-corrected chi connectivity index (χ3v) is 3.75. The van der Waals surface area contributed by atoms with E-state index in [9.17, 15) is 4.79 Å². The molecule has 21 heavy (non-hydrogen) atoms. The lowest BCUT2D eigenvalue weighted by atomic mass is 10.2. The van der Waals surface area contributed by atoms with Gasteiger partial charge < -0.3 is 10.1 Å². The Morgan fingerprint density at radius 3 is 2.52 bits per heavy atom. The van der Waals surface area contributed by atoms with Gasteiger partial charge in [0.05, 0.1) is 10.6 Å². The number of ether oxygens (including phenoxy) is 1. The molecule has 1 amide bonds. The van der Waals surface area contributed by atoms with Crippen LogP contribution in [0.1, 0.15) is 24.2 Å². The van der Waals surface area contributed by atoms with Crippen LogP contribution >= 0.6 is 31.9 Å². The lowest BCUT2D eigenvalue weighted by Gasteiger charge is -2.12. The van der Waals surface area contributed by atoms with Gasteiger partial charge in [-0.3, -0.25) is 4.79 Å². The molecule has 2 aromatic carbocycles. The molecule has 0 aromatic heterocycles. The summed E-state index contributed by atoms with van der Waals surface area (Å²) in [6, 6.07) is 12.8. The summed E-state index contributed by atoms with van der Waals surface area (Å²) in [5.74, 6) is 0.564. The fraction of sp³-hybridized carbons (Fsp3) is 0.188. The zero-order chi connectivity index (χ0) is 15.4. The monoisotopic (exact) mass is 411 g/mol. The highest BCUT2D eigenvalue weighted by atomic mass is 79.9. The van der Waals surface area contributed by atoms with Crippen LogP contribution in [0.4, 0.5) is 5.69 Å². The number of halogens is 2. The first-order valence-corrected chi connectivity index (χ1v) is 8.07. The van der Waals surface area contributed by atoms with E-state index >= 15 is 0 Å². The van der Waals surface area contributed by atoms with Crippen LogP contribution in [0, 0.1) is 0 Å². The van der Waals surface area contributed by atoms with Crippen molar-refractivity contribution in [3.05, 3.63) is 57.0 Å². The van der Waals surface area contributed by atoms with E-state index in [0.717, 1.165) is 20.4 Å². The number of nitrogens with one attached hydrogen (secondary N) is 1. The van der Waals surface area contributed by atoms with Gasteiger partial charge in [-0.15, -0.1) is 0 Å². The molecule has 0 spiro atoms. The molecule has 2 aromatic rings. The van der Waals surface area contributed by atoms with Gasteiger partial charge in [0.15, 0.2) is 0 Å². The van der Waals surface area contributed by atoms with Crippen molar-refractivity contribution in [2.24, 2.45) is 0 Å². The Kier molecular flexibility index (Phi) is 5.42. The van der Waals surface area contributed by atoms with Crippen LogP contribution in [0.5, 0.6) is 5.75 Å². The summed E-state index contributed by atoms with van der Waals surface area (Å²) in [5, 5.41) is 2.86. The Morgan fingerprint density at radius 2 is 1.90 bits per heavy atom. The molecule has 0 unspecified atom stereocenters. The van der Waals surface area contributed by atoms with Crippen molar-refractivity contribution in [2.75, 3.05) is 5.32 Å². The molecule has 0 radical (unpaired) electrons. The van der Waals surface area contributed by atoms with E-state index in [4.69, 9.17) is 4.74 Å². The molecule has 0 saturated carbocycles. The Bertz CT molecular complexity index is 656. The third-order valence-electron chi connectivity index (χ3n) is 2.64. The van der Waals surface area contributed by atoms with Crippen LogP contribution in [-0.4, -0.2) is 12.0 Å². The maximum absolute atomic E-state index is 12.2. The molecule has 0 heterocycles. The molecule has 0 fully saturated rings. The average Bonchev–Trinajstić information content (AvgIpc) is 2.40. The van der Waals surface area contributed by atoms with Gasteiger partial charge in [0.2, 0.25) is 0 Å². The number of rotatable bonds is 4. The molecule has 0 aliphatic rings. The summed E-state index contributed by atoms with van der Waals surface area (Å²) in [5.41, 5.74) is 1.31. The number of amides is 1. The van der Waals surface area contributed by atoms with Crippen molar-refractivity contribution in [3.8, 4) is 5.75 Å². The van der Waals surface area contributed by atoms with Gasteiger partial charge in [0, 0.05) is 15.7 Å². The topological polar surface area (TPSA) is 38.3 Å². The molecule has 0 bridgehead atoms. The van der Waals surface area contributed by atoms with Gasteiger partial charge in [-0.25, -0.2) is 0 Å². The summed E-state index contributed by atoms with van der Waals surface area (Å²) in [4.78, 5) is 12.2. The first-order valence-electron chi connectivity index (χ1n) is 6.49. The number of benzene rings is 2. The quantitative estimate of drug-likeness (QED) is 0.744. The van der Waals surface area contributed by atoms with E-state index < -0.39 is 0 Å². The van der Waals surface area contributed by atoms with Gasteiger partial charge in [-0.1, -0.05) is 22.0 Å². The maximum atomic E-state index is 12.2. The highest BCUT2D eigenvalue weighted by Gasteiger charge is 2.10. The molecule has 5 heteroatoms. The molecule has 2 rings (SSSR count). The fourth-order valence-corrected chi connectivity index (χ4v) is 2.63. The summed E-state index contributed by atoms with van der Waals surface area (Å²) in [7, 11) is 0. The molecule has 0 aliphatic carbocycles. The van der Waals surface area contributed by atoms with E-state index in [1.165, 1.54) is 0 Å². The summed E-state index contributed by atoms with van der Waals surface area (Å²) < 4.78 is 7.31. The minimum absolute atomic E-state index is 0.0858. The smallest absolute Gasteiger partial charge is 0.255 e. The first kappa shape index (κ1) is 16.0. The normalized spacial score (nSPS) is 10.5. The van der Waals surface area contributed by atoms with Crippen LogP contribution in [0.25, 0.3) is 0 Å². The minimum Gasteiger partial charge on any atom is -0.490 e. The second kappa shape index (κ2) is 7.09. The maximum Gasteiger partial charge on any atom is 0.255 e. The second-order valence-corrected chi connectivity index (χ2v) is 6.55. The zero-order valence-corrected chi connectivity index (χ0v) is 14.9. The Hall–Kier alpha value is -1.33. The van der Waals surface area contributed by atoms with Crippen molar-refractivity contribution < 1.29 is 9.53 Å². The molecular weight excluding hydrogens is 398 g/mol. The molecule has 3 nitrogen and oxygen atoms in total. The number of carbonyl (C=O) groups excluding carboxylic acids is 1. The van der Waals surface area contributed by atoms with Crippen molar-refractivity contribution in [1.82, 2.24) is 0 Å². The lowest BCUT2D eigenvalue weighted by Crippen LogP contribution is -2.12. The first-order chi connectivity index (χ1) is 9.95. The minimum atomic E-state index is -0.162. The molecule has 0 atom stereocenters. The van der Waals surface area contributed by atoms with E-state index in [0.29, 0.717) is 5.56 Å². The third kappa shape index (κ3) is 4.58. The Labute approximate surface area is 141 Å². The van der Waals surface area contributed by atoms with Crippen molar-refractivity contribution >= 4 is 43.5 Å². The van der Waals surface area contributed by atoms with Gasteiger partial charge in [-0.05, 0) is 66.2 Å². The molecule has 110 valence electrons. The predicted molar refractivity (Wildman–Crippen MR) is 92.0 cm³/mol. The van der Waals surface area contributed by atoms with Gasteiger partial charge in [0.25, 0.3) is 5.91 Å². The molecule has 1 N–H and O–H groups in total. The predicted octanol–water partition coefficient (Wildman–Crippen LogP) is 5.25. The second-order valence-electron chi connectivity index (χ2n) is 4.78. The SMILES string of the molecule is CC(C)Oc1ccc(C(=O)Nc2cccc(Br)c2)cc1Br. The van der Waals surface area contributed by atoms with Crippen molar-refractivity contribution in [1.29, 1.82) is 0 Å². The largest absolute Gasteiger partial charge is 0.490 e. The molecule has 0 aliphatic heterocycles. The van der Waals surface area contributed by atoms with Crippen LogP contribution in [0.3, 0.4) is 0 Å². The van der Waals surface area contributed by atoms with Crippen LogP contribution < -0.4 is 10.1 Å². The highest BCUT2D eigenvalue weighted by Crippen LogP contribution is 2.27. The Morgan fingerprint density at radius 1 is 1.14 bits per heavy atom. The molecular formula is C16H15Br2NO2. The summed E-state index contributed by atoms with van der Waals surface area (Å²) in [6.45, 7) is 3.92. The number of hydrogen-bond donors (Lipinski definition) is 1. The van der Waals surface area contributed by atoms with E-state index in [1.807, 2.05) is 38.1 Å². The average molecular weight is 413 g/mol. The van der Waals surface area contributed by atoms with Gasteiger partial charge >= 0.3 is 0 Å². The fourth-order valence-electron chi connectivity index (χ4n) is 1.76. The van der Waals surface area contributed by atoms with Crippen LogP contribution in [0.2, 0.25) is 0 Å². The van der Waals surface area contributed by atoms with Crippen molar-refractivity contribution in [2.45, 2.75) is 20.0 Å². The molecule has 0 saturated heterocycles. The zero-order valence-electron chi connectivity index (χ0n) is 11.7. The van der Waals surface area contributed by atoms with Crippen LogP contribution in [0.15, 0.2) is 51.4 Å². The van der Waals surface area contributed by atoms with E-state index in [-0.39, 0.29) is 12.0 Å². The van der Waals surface area contributed by atoms with Crippen molar-refractivity contribution in [3.63, 3.8) is 0 Å². The van der Waals surface area contributed by atoms with Gasteiger partial charge in [0.1, 0.15) is 5.75 Å². The summed E-state index contributed by atoms with van der Waals surface area (Å²) in [6.07, 6.45) is 0.0858. The highest BCUT2D eigenvalue weighted by molar-refractivity contribution is 9.10. The number of anilines is 1.